The third-order valence-corrected chi connectivity index (χ3v) is 2.64. The van der Waals surface area contributed by atoms with Crippen molar-refractivity contribution in [3.8, 4) is 0 Å². The molecular formula is C9H15NO4. The molecule has 0 bridgehead atoms. The van der Waals surface area contributed by atoms with Crippen molar-refractivity contribution >= 4 is 12.4 Å². The third kappa shape index (κ3) is 1.72. The standard InChI is InChI=1S/C9H15NO4/c1-2-10(7-11)9(8(12)13)4-3-5-14-6-9/h7H,2-6H2,1H3,(H,12,13). The first-order valence-corrected chi connectivity index (χ1v) is 4.70. The van der Waals surface area contributed by atoms with E-state index in [-0.39, 0.29) is 6.61 Å². The summed E-state index contributed by atoms with van der Waals surface area (Å²) in [6.45, 7) is 2.81. The van der Waals surface area contributed by atoms with Crippen LogP contribution in [0, 0.1) is 0 Å². The predicted molar refractivity (Wildman–Crippen MR) is 48.9 cm³/mol. The summed E-state index contributed by atoms with van der Waals surface area (Å²) in [4.78, 5) is 23.2. The first-order chi connectivity index (χ1) is 6.67. The van der Waals surface area contributed by atoms with Gasteiger partial charge in [0.25, 0.3) is 0 Å². The molecule has 14 heavy (non-hydrogen) atoms. The molecule has 1 rings (SSSR count). The number of carbonyl (C=O) groups is 2. The van der Waals surface area contributed by atoms with Gasteiger partial charge in [0.05, 0.1) is 6.61 Å². The Morgan fingerprint density at radius 2 is 2.43 bits per heavy atom. The van der Waals surface area contributed by atoms with Crippen LogP contribution in [-0.2, 0) is 14.3 Å². The highest BCUT2D eigenvalue weighted by molar-refractivity contribution is 5.81. The highest BCUT2D eigenvalue weighted by atomic mass is 16.5. The number of carboxylic acids is 1. The van der Waals surface area contributed by atoms with Gasteiger partial charge in [0.15, 0.2) is 5.54 Å². The van der Waals surface area contributed by atoms with Gasteiger partial charge in [0.2, 0.25) is 6.41 Å². The zero-order valence-corrected chi connectivity index (χ0v) is 8.23. The van der Waals surface area contributed by atoms with E-state index < -0.39 is 11.5 Å². The topological polar surface area (TPSA) is 66.8 Å². The fourth-order valence-electron chi connectivity index (χ4n) is 1.78. The zero-order chi connectivity index (χ0) is 10.6. The lowest BCUT2D eigenvalue weighted by Crippen LogP contribution is -2.59. The van der Waals surface area contributed by atoms with E-state index in [9.17, 15) is 9.59 Å². The molecule has 1 aliphatic rings. The van der Waals surface area contributed by atoms with Crippen LogP contribution in [0.4, 0.5) is 0 Å². The molecule has 1 atom stereocenters. The molecule has 5 nitrogen and oxygen atoms in total. The lowest BCUT2D eigenvalue weighted by atomic mass is 9.91. The van der Waals surface area contributed by atoms with Gasteiger partial charge in [-0.15, -0.1) is 0 Å². The zero-order valence-electron chi connectivity index (χ0n) is 8.23. The van der Waals surface area contributed by atoms with Crippen LogP contribution >= 0.6 is 0 Å². The number of carboxylic acid groups (broad SMARTS) is 1. The normalized spacial score (nSPS) is 26.9. The summed E-state index contributed by atoms with van der Waals surface area (Å²) >= 11 is 0. The van der Waals surface area contributed by atoms with Gasteiger partial charge in [-0.3, -0.25) is 4.79 Å². The Morgan fingerprint density at radius 3 is 2.79 bits per heavy atom. The second-order valence-electron chi connectivity index (χ2n) is 3.38. The van der Waals surface area contributed by atoms with Crippen LogP contribution in [0.5, 0.6) is 0 Å². The van der Waals surface area contributed by atoms with Gasteiger partial charge in [0, 0.05) is 13.2 Å². The predicted octanol–water partition coefficient (Wildman–Crippen LogP) is 0.0985. The number of hydrogen-bond donors (Lipinski definition) is 1. The van der Waals surface area contributed by atoms with Crippen LogP contribution in [0.2, 0.25) is 0 Å². The van der Waals surface area contributed by atoms with E-state index in [1.54, 1.807) is 6.92 Å². The fourth-order valence-corrected chi connectivity index (χ4v) is 1.78. The van der Waals surface area contributed by atoms with E-state index in [2.05, 4.69) is 0 Å². The van der Waals surface area contributed by atoms with Gasteiger partial charge in [-0.2, -0.15) is 0 Å². The molecule has 0 aromatic heterocycles. The SMILES string of the molecule is CCN(C=O)C1(C(=O)O)CCCOC1. The number of carbonyl (C=O) groups excluding carboxylic acids is 1. The number of nitrogens with zero attached hydrogens (tertiary/aromatic N) is 1. The summed E-state index contributed by atoms with van der Waals surface area (Å²) in [5, 5.41) is 9.14. The Kier molecular flexibility index (Phi) is 3.46. The minimum atomic E-state index is -1.14. The average molecular weight is 201 g/mol. The maximum Gasteiger partial charge on any atom is 0.332 e. The Labute approximate surface area is 82.6 Å². The lowest BCUT2D eigenvalue weighted by molar-refractivity contribution is -0.164. The van der Waals surface area contributed by atoms with E-state index in [0.717, 1.165) is 0 Å². The highest BCUT2D eigenvalue weighted by Gasteiger charge is 2.45. The van der Waals surface area contributed by atoms with Crippen molar-refractivity contribution in [3.05, 3.63) is 0 Å². The summed E-state index contributed by atoms with van der Waals surface area (Å²) in [6, 6.07) is 0. The maximum absolute atomic E-state index is 11.2. The summed E-state index contributed by atoms with van der Waals surface area (Å²) in [7, 11) is 0. The van der Waals surface area contributed by atoms with E-state index in [1.165, 1.54) is 4.90 Å². The Morgan fingerprint density at radius 1 is 1.71 bits per heavy atom. The summed E-state index contributed by atoms with van der Waals surface area (Å²) in [5.41, 5.74) is -1.14. The summed E-state index contributed by atoms with van der Waals surface area (Å²) < 4.78 is 5.15. The van der Waals surface area contributed by atoms with Crippen LogP contribution in [0.3, 0.4) is 0 Å². The van der Waals surface area contributed by atoms with Crippen LogP contribution in [0.15, 0.2) is 0 Å². The van der Waals surface area contributed by atoms with Gasteiger partial charge < -0.3 is 14.7 Å². The van der Waals surface area contributed by atoms with Crippen molar-refractivity contribution in [3.63, 3.8) is 0 Å². The van der Waals surface area contributed by atoms with Crippen molar-refractivity contribution in [2.45, 2.75) is 25.3 Å². The Bertz CT molecular complexity index is 223. The number of ether oxygens (including phenoxy) is 1. The molecule has 0 spiro atoms. The van der Waals surface area contributed by atoms with Crippen LogP contribution < -0.4 is 0 Å². The molecule has 1 amide bonds. The van der Waals surface area contributed by atoms with Gasteiger partial charge in [-0.1, -0.05) is 0 Å². The molecule has 1 saturated heterocycles. The Balaban J connectivity index is 2.89. The molecule has 1 N–H and O–H groups in total. The van der Waals surface area contributed by atoms with Gasteiger partial charge in [0.1, 0.15) is 0 Å². The molecule has 1 unspecified atom stereocenters. The van der Waals surface area contributed by atoms with Crippen molar-refractivity contribution in [1.82, 2.24) is 4.90 Å². The molecule has 0 saturated carbocycles. The molecule has 0 radical (unpaired) electrons. The van der Waals surface area contributed by atoms with E-state index in [1.807, 2.05) is 0 Å². The number of amides is 1. The van der Waals surface area contributed by atoms with Crippen molar-refractivity contribution in [2.24, 2.45) is 0 Å². The monoisotopic (exact) mass is 201 g/mol. The highest BCUT2D eigenvalue weighted by Crippen LogP contribution is 2.25. The maximum atomic E-state index is 11.2. The second kappa shape index (κ2) is 4.41. The van der Waals surface area contributed by atoms with Crippen LogP contribution in [0.1, 0.15) is 19.8 Å². The smallest absolute Gasteiger partial charge is 0.332 e. The molecule has 5 heteroatoms. The largest absolute Gasteiger partial charge is 0.479 e. The number of rotatable bonds is 4. The summed E-state index contributed by atoms with van der Waals surface area (Å²) in [6.07, 6.45) is 1.73. The van der Waals surface area contributed by atoms with Crippen molar-refractivity contribution in [1.29, 1.82) is 0 Å². The minimum Gasteiger partial charge on any atom is -0.479 e. The molecule has 0 aromatic carbocycles. The molecule has 1 fully saturated rings. The number of likely N-dealkylation sites (N-methyl/N-ethyl adjacent to an activating group) is 1. The fraction of sp³-hybridized carbons (Fsp3) is 0.778. The Hall–Kier alpha value is -1.10. The summed E-state index contributed by atoms with van der Waals surface area (Å²) in [5.74, 6) is -0.980. The number of aliphatic carboxylic acids is 1. The molecule has 0 aromatic rings. The van der Waals surface area contributed by atoms with Gasteiger partial charge in [-0.05, 0) is 19.8 Å². The molecule has 1 heterocycles. The van der Waals surface area contributed by atoms with E-state index in [0.29, 0.717) is 32.4 Å². The van der Waals surface area contributed by atoms with Crippen LogP contribution in [-0.4, -0.2) is 47.7 Å². The first kappa shape index (κ1) is 11.0. The van der Waals surface area contributed by atoms with E-state index in [4.69, 9.17) is 9.84 Å². The lowest BCUT2D eigenvalue weighted by Gasteiger charge is -2.40. The third-order valence-electron chi connectivity index (χ3n) is 2.64. The molecular weight excluding hydrogens is 186 g/mol. The van der Waals surface area contributed by atoms with Crippen molar-refractivity contribution < 1.29 is 19.4 Å². The van der Waals surface area contributed by atoms with Crippen molar-refractivity contribution in [2.75, 3.05) is 19.8 Å². The molecule has 1 aliphatic heterocycles. The average Bonchev–Trinajstić information content (AvgIpc) is 2.21. The minimum absolute atomic E-state index is 0.0922. The van der Waals surface area contributed by atoms with Gasteiger partial charge in [-0.25, -0.2) is 4.79 Å². The van der Waals surface area contributed by atoms with E-state index >= 15 is 0 Å². The molecule has 80 valence electrons. The second-order valence-corrected chi connectivity index (χ2v) is 3.38. The van der Waals surface area contributed by atoms with Crippen LogP contribution in [0.25, 0.3) is 0 Å². The molecule has 0 aliphatic carbocycles. The quantitative estimate of drug-likeness (QED) is 0.655. The van der Waals surface area contributed by atoms with Gasteiger partial charge >= 0.3 is 5.97 Å². The number of hydrogen-bond acceptors (Lipinski definition) is 3. The first-order valence-electron chi connectivity index (χ1n) is 4.70.